The Hall–Kier alpha value is -0.270. The van der Waals surface area contributed by atoms with Crippen molar-refractivity contribution in [2.45, 2.75) is 25.1 Å². The van der Waals surface area contributed by atoms with Crippen molar-refractivity contribution in [3.05, 3.63) is 5.01 Å². The molecule has 0 saturated carbocycles. The molecule has 1 N–H and O–H groups in total. The van der Waals surface area contributed by atoms with E-state index in [-0.39, 0.29) is 16.9 Å². The van der Waals surface area contributed by atoms with Gasteiger partial charge in [0, 0.05) is 11.8 Å². The Labute approximate surface area is 110 Å². The average molecular weight is 308 g/mol. The summed E-state index contributed by atoms with van der Waals surface area (Å²) < 4.78 is 36.9. The Morgan fingerprint density at radius 1 is 1.24 bits per heavy atom. The first-order valence-corrected chi connectivity index (χ1v) is 6.56. The predicted octanol–water partition coefficient (Wildman–Crippen LogP) is 3.60. The van der Waals surface area contributed by atoms with Gasteiger partial charge >= 0.3 is 6.18 Å². The van der Waals surface area contributed by atoms with Crippen LogP contribution in [0.15, 0.2) is 0 Å². The zero-order chi connectivity index (χ0) is 13.1. The van der Waals surface area contributed by atoms with Crippen molar-refractivity contribution in [2.24, 2.45) is 0 Å². The summed E-state index contributed by atoms with van der Waals surface area (Å²) in [6.45, 7) is 1.84. The molecule has 0 aromatic carbocycles. The molecule has 0 amide bonds. The van der Waals surface area contributed by atoms with E-state index in [0.717, 1.165) is 0 Å². The Morgan fingerprint density at radius 2 is 1.82 bits per heavy atom. The lowest BCUT2D eigenvalue weighted by molar-refractivity contribution is -0.138. The van der Waals surface area contributed by atoms with E-state index >= 15 is 0 Å². The van der Waals surface area contributed by atoms with E-state index in [1.807, 2.05) is 6.92 Å². The Bertz CT molecular complexity index is 357. The van der Waals surface area contributed by atoms with Crippen LogP contribution in [0, 0.1) is 0 Å². The van der Waals surface area contributed by atoms with Gasteiger partial charge in [-0.3, -0.25) is 0 Å². The monoisotopic (exact) mass is 307 g/mol. The summed E-state index contributed by atoms with van der Waals surface area (Å²) in [6, 6.07) is 0. The molecule has 0 fully saturated rings. The van der Waals surface area contributed by atoms with E-state index in [9.17, 15) is 13.2 Å². The van der Waals surface area contributed by atoms with Gasteiger partial charge in [0.2, 0.25) is 10.1 Å². The van der Waals surface area contributed by atoms with Gasteiger partial charge in [-0.15, -0.1) is 33.4 Å². The third-order valence-corrected chi connectivity index (χ3v) is 4.13. The highest BCUT2D eigenvalue weighted by Crippen LogP contribution is 2.34. The highest BCUT2D eigenvalue weighted by Gasteiger charge is 2.36. The van der Waals surface area contributed by atoms with Gasteiger partial charge in [0.1, 0.15) is 0 Å². The maximum Gasteiger partial charge on any atom is 0.445 e. The predicted molar refractivity (Wildman–Crippen MR) is 63.0 cm³/mol. The summed E-state index contributed by atoms with van der Waals surface area (Å²) in [5, 5.41) is 8.39. The number of hydrogen-bond acceptors (Lipinski definition) is 4. The quantitative estimate of drug-likeness (QED) is 0.845. The van der Waals surface area contributed by atoms with E-state index in [1.54, 1.807) is 0 Å². The van der Waals surface area contributed by atoms with Crippen LogP contribution in [0.5, 0.6) is 0 Å². The summed E-state index contributed by atoms with van der Waals surface area (Å²) in [6.07, 6.45) is -3.91. The Balaban J connectivity index is 2.85. The summed E-state index contributed by atoms with van der Waals surface area (Å²) in [4.78, 5) is 0. The smallest absolute Gasteiger partial charge is 0.352 e. The Morgan fingerprint density at radius 3 is 2.18 bits per heavy atom. The number of aromatic nitrogens is 2. The van der Waals surface area contributed by atoms with Crippen molar-refractivity contribution >= 4 is 39.7 Å². The molecule has 3 nitrogen and oxygen atoms in total. The van der Waals surface area contributed by atoms with E-state index in [0.29, 0.717) is 17.8 Å². The first-order chi connectivity index (χ1) is 7.87. The number of nitrogens with one attached hydrogen (secondary N) is 1. The number of nitrogens with zero attached hydrogens (tertiary/aromatic N) is 2. The van der Waals surface area contributed by atoms with E-state index in [1.165, 1.54) is 0 Å². The van der Waals surface area contributed by atoms with Crippen LogP contribution in [0.3, 0.4) is 0 Å². The molecule has 98 valence electrons. The van der Waals surface area contributed by atoms with Gasteiger partial charge in [0.25, 0.3) is 0 Å². The second-order valence-electron chi connectivity index (χ2n) is 3.44. The molecule has 0 atom stereocenters. The topological polar surface area (TPSA) is 37.8 Å². The lowest BCUT2D eigenvalue weighted by Crippen LogP contribution is -2.41. The van der Waals surface area contributed by atoms with E-state index in [4.69, 9.17) is 23.2 Å². The molecule has 0 bridgehead atoms. The molecule has 0 aliphatic carbocycles. The van der Waals surface area contributed by atoms with E-state index in [2.05, 4.69) is 15.5 Å². The zero-order valence-corrected chi connectivity index (χ0v) is 11.1. The van der Waals surface area contributed by atoms with Crippen LogP contribution in [0.25, 0.3) is 0 Å². The first-order valence-electron chi connectivity index (χ1n) is 4.67. The largest absolute Gasteiger partial charge is 0.445 e. The number of hydrogen-bond donors (Lipinski definition) is 1. The fourth-order valence-corrected chi connectivity index (χ4v) is 2.52. The molecule has 0 unspecified atom stereocenters. The second-order valence-corrected chi connectivity index (χ2v) is 4.95. The van der Waals surface area contributed by atoms with Crippen LogP contribution in [-0.4, -0.2) is 27.5 Å². The molecule has 0 radical (unpaired) electrons. The molecule has 9 heteroatoms. The normalized spacial score (nSPS) is 12.8. The maximum absolute atomic E-state index is 12.3. The van der Waals surface area contributed by atoms with Crippen LogP contribution in [0.2, 0.25) is 0 Å². The number of anilines is 1. The van der Waals surface area contributed by atoms with Crippen molar-refractivity contribution in [3.63, 3.8) is 0 Å². The van der Waals surface area contributed by atoms with Gasteiger partial charge in [0.05, 0.1) is 5.54 Å². The number of alkyl halides is 5. The van der Waals surface area contributed by atoms with Gasteiger partial charge in [-0.2, -0.15) is 13.2 Å². The number of rotatable bonds is 5. The minimum Gasteiger partial charge on any atom is -0.352 e. The average Bonchev–Trinajstić information content (AvgIpc) is 2.74. The van der Waals surface area contributed by atoms with Crippen LogP contribution >= 0.6 is 34.5 Å². The van der Waals surface area contributed by atoms with Gasteiger partial charge in [-0.05, 0) is 6.42 Å². The minimum atomic E-state index is -4.48. The fourth-order valence-electron chi connectivity index (χ4n) is 0.995. The molecule has 0 aliphatic rings. The third kappa shape index (κ3) is 3.59. The Kier molecular flexibility index (Phi) is 4.86. The summed E-state index contributed by atoms with van der Waals surface area (Å²) >= 11 is 12.0. The van der Waals surface area contributed by atoms with Crippen molar-refractivity contribution in [1.82, 2.24) is 10.2 Å². The highest BCUT2D eigenvalue weighted by molar-refractivity contribution is 7.15. The van der Waals surface area contributed by atoms with Crippen molar-refractivity contribution in [2.75, 3.05) is 17.1 Å². The van der Waals surface area contributed by atoms with Crippen LogP contribution in [0.1, 0.15) is 18.4 Å². The summed E-state index contributed by atoms with van der Waals surface area (Å²) in [5.74, 6) is 0.349. The molecular formula is C8H10Cl2F3N3S. The summed E-state index contributed by atoms with van der Waals surface area (Å²) in [7, 11) is 0. The van der Waals surface area contributed by atoms with E-state index < -0.39 is 16.7 Å². The molecule has 17 heavy (non-hydrogen) atoms. The molecule has 1 aromatic rings. The molecule has 1 heterocycles. The standard InChI is InChI=1S/C8H10Cl2F3N3S/c1-2-7(3-9,4-10)14-6-16-15-5(17-6)8(11,12)13/h2-4H2,1H3,(H,14,16). The van der Waals surface area contributed by atoms with Gasteiger partial charge in [-0.1, -0.05) is 18.3 Å². The molecular weight excluding hydrogens is 298 g/mol. The zero-order valence-electron chi connectivity index (χ0n) is 8.81. The molecule has 1 aromatic heterocycles. The van der Waals surface area contributed by atoms with Gasteiger partial charge in [-0.25, -0.2) is 0 Å². The molecule has 1 rings (SSSR count). The van der Waals surface area contributed by atoms with Crippen molar-refractivity contribution in [1.29, 1.82) is 0 Å². The molecule has 0 saturated heterocycles. The van der Waals surface area contributed by atoms with Gasteiger partial charge < -0.3 is 5.32 Å². The van der Waals surface area contributed by atoms with Crippen molar-refractivity contribution in [3.8, 4) is 0 Å². The highest BCUT2D eigenvalue weighted by atomic mass is 35.5. The molecule has 0 aliphatic heterocycles. The third-order valence-electron chi connectivity index (χ3n) is 2.23. The van der Waals surface area contributed by atoms with Crippen molar-refractivity contribution < 1.29 is 13.2 Å². The fraction of sp³-hybridized carbons (Fsp3) is 0.750. The van der Waals surface area contributed by atoms with Crippen LogP contribution in [-0.2, 0) is 6.18 Å². The first kappa shape index (κ1) is 14.8. The second kappa shape index (κ2) is 5.58. The number of halogens is 5. The molecule has 0 spiro atoms. The minimum absolute atomic E-state index is 0.0699. The SMILES string of the molecule is CCC(CCl)(CCl)Nc1nnc(C(F)(F)F)s1. The lowest BCUT2D eigenvalue weighted by Gasteiger charge is -2.28. The van der Waals surface area contributed by atoms with Crippen LogP contribution in [0.4, 0.5) is 18.3 Å². The lowest BCUT2D eigenvalue weighted by atomic mass is 10.0. The van der Waals surface area contributed by atoms with Crippen LogP contribution < -0.4 is 5.32 Å². The summed E-state index contributed by atoms with van der Waals surface area (Å²) in [5.41, 5.74) is -0.661. The maximum atomic E-state index is 12.3. The van der Waals surface area contributed by atoms with Gasteiger partial charge in [0.15, 0.2) is 0 Å².